The highest BCUT2D eigenvalue weighted by molar-refractivity contribution is 7.66. The van der Waals surface area contributed by atoms with Gasteiger partial charge in [-0.2, -0.15) is 0 Å². The smallest absolute Gasteiger partial charge is 0.186 e. The maximum atomic E-state index is 13.0. The third-order valence-electron chi connectivity index (χ3n) is 5.77. The molecule has 0 aromatic heterocycles. The maximum Gasteiger partial charge on any atom is 0.186 e. The molecule has 0 spiro atoms. The predicted molar refractivity (Wildman–Crippen MR) is 132 cm³/mol. The highest BCUT2D eigenvalue weighted by Gasteiger charge is 2.19. The highest BCUT2D eigenvalue weighted by atomic mass is 31.1. The van der Waals surface area contributed by atoms with Gasteiger partial charge in [-0.15, -0.1) is 0 Å². The van der Waals surface area contributed by atoms with Gasteiger partial charge in [0.2, 0.25) is 0 Å². The fraction of sp³-hybridized carbons (Fsp3) is 0.519. The molecular formula is C27H39O2P. The fourth-order valence-corrected chi connectivity index (χ4v) is 4.81. The molecule has 30 heavy (non-hydrogen) atoms. The predicted octanol–water partition coefficient (Wildman–Crippen LogP) is 7.34. The molecule has 0 heterocycles. The van der Waals surface area contributed by atoms with Gasteiger partial charge in [0.25, 0.3) is 0 Å². The molecule has 0 aliphatic carbocycles. The summed E-state index contributed by atoms with van der Waals surface area (Å²) in [7, 11) is 0.131. The van der Waals surface area contributed by atoms with Crippen molar-refractivity contribution in [2.24, 2.45) is 5.92 Å². The monoisotopic (exact) mass is 426 g/mol. The topological polar surface area (TPSA) is 26.3 Å². The van der Waals surface area contributed by atoms with Gasteiger partial charge in [0, 0.05) is 5.56 Å². The molecule has 2 aromatic rings. The van der Waals surface area contributed by atoms with Crippen LogP contribution < -0.4 is 10.0 Å². The quantitative estimate of drug-likeness (QED) is 0.372. The van der Waals surface area contributed by atoms with Crippen molar-refractivity contribution in [1.82, 2.24) is 0 Å². The average molecular weight is 427 g/mol. The Morgan fingerprint density at radius 3 is 2.13 bits per heavy atom. The Balaban J connectivity index is 2.03. The van der Waals surface area contributed by atoms with E-state index in [9.17, 15) is 4.79 Å². The second-order valence-corrected chi connectivity index (χ2v) is 10.7. The molecule has 2 rings (SSSR count). The van der Waals surface area contributed by atoms with Crippen LogP contribution in [0.4, 0.5) is 0 Å². The van der Waals surface area contributed by atoms with E-state index in [0.717, 1.165) is 40.8 Å². The average Bonchev–Trinajstić information content (AvgIpc) is 2.68. The van der Waals surface area contributed by atoms with E-state index in [2.05, 4.69) is 60.6 Å². The van der Waals surface area contributed by atoms with Crippen LogP contribution in [-0.2, 0) is 5.41 Å². The van der Waals surface area contributed by atoms with Crippen molar-refractivity contribution >= 4 is 19.4 Å². The van der Waals surface area contributed by atoms with E-state index in [1.54, 1.807) is 0 Å². The third-order valence-corrected chi connectivity index (χ3v) is 6.87. The first kappa shape index (κ1) is 24.6. The van der Waals surface area contributed by atoms with Crippen molar-refractivity contribution in [2.75, 3.05) is 6.61 Å². The minimum Gasteiger partial charge on any atom is -0.493 e. The van der Waals surface area contributed by atoms with Crippen LogP contribution in [0.5, 0.6) is 5.75 Å². The van der Waals surface area contributed by atoms with Crippen LogP contribution in [0.25, 0.3) is 0 Å². The summed E-state index contributed by atoms with van der Waals surface area (Å²) in [6.07, 6.45) is 4.88. The van der Waals surface area contributed by atoms with Gasteiger partial charge in [-0.05, 0) is 74.3 Å². The van der Waals surface area contributed by atoms with E-state index in [-0.39, 0.29) is 19.5 Å². The SMILES string of the molecule is CCCCC(CC)COc1ccc(PC(=O)c2c(C)cc(C(C)(C)C)cc2C)cc1. The van der Waals surface area contributed by atoms with E-state index in [1.165, 1.54) is 24.8 Å². The van der Waals surface area contributed by atoms with Gasteiger partial charge in [-0.1, -0.05) is 78.1 Å². The Kier molecular flexibility index (Phi) is 9.10. The van der Waals surface area contributed by atoms with Crippen molar-refractivity contribution in [1.29, 1.82) is 0 Å². The van der Waals surface area contributed by atoms with Gasteiger partial charge in [-0.3, -0.25) is 4.79 Å². The molecule has 0 radical (unpaired) electrons. The van der Waals surface area contributed by atoms with Crippen LogP contribution in [-0.4, -0.2) is 12.1 Å². The van der Waals surface area contributed by atoms with Gasteiger partial charge >= 0.3 is 0 Å². The summed E-state index contributed by atoms with van der Waals surface area (Å²) in [5.74, 6) is 1.52. The van der Waals surface area contributed by atoms with Gasteiger partial charge < -0.3 is 4.74 Å². The summed E-state index contributed by atoms with van der Waals surface area (Å²) in [4.78, 5) is 13.0. The van der Waals surface area contributed by atoms with Crippen molar-refractivity contribution in [3.63, 3.8) is 0 Å². The molecule has 0 saturated carbocycles. The number of unbranched alkanes of at least 4 members (excludes halogenated alkanes) is 1. The first-order valence-corrected chi connectivity index (χ1v) is 12.3. The van der Waals surface area contributed by atoms with Crippen LogP contribution in [0.1, 0.15) is 87.4 Å². The lowest BCUT2D eigenvalue weighted by Crippen LogP contribution is -2.14. The van der Waals surface area contributed by atoms with Crippen LogP contribution in [0.3, 0.4) is 0 Å². The van der Waals surface area contributed by atoms with Gasteiger partial charge in [0.05, 0.1) is 6.61 Å². The Morgan fingerprint density at radius 1 is 1.03 bits per heavy atom. The number of benzene rings is 2. The summed E-state index contributed by atoms with van der Waals surface area (Å²) >= 11 is 0. The number of carbonyl (C=O) groups excluding carboxylic acids is 1. The van der Waals surface area contributed by atoms with E-state index >= 15 is 0 Å². The maximum absolute atomic E-state index is 13.0. The molecule has 2 nitrogen and oxygen atoms in total. The lowest BCUT2D eigenvalue weighted by molar-refractivity contribution is 0.108. The summed E-state index contributed by atoms with van der Waals surface area (Å²) in [5, 5.41) is 1.06. The van der Waals surface area contributed by atoms with Crippen molar-refractivity contribution < 1.29 is 9.53 Å². The largest absolute Gasteiger partial charge is 0.493 e. The number of hydrogen-bond acceptors (Lipinski definition) is 2. The lowest BCUT2D eigenvalue weighted by atomic mass is 9.84. The van der Waals surface area contributed by atoms with Crippen molar-refractivity contribution in [3.8, 4) is 5.75 Å². The van der Waals surface area contributed by atoms with E-state index in [4.69, 9.17) is 4.74 Å². The summed E-state index contributed by atoms with van der Waals surface area (Å²) in [5.41, 5.74) is 4.61. The Bertz CT molecular complexity index is 808. The molecule has 0 N–H and O–H groups in total. The number of carbonyl (C=O) groups is 1. The summed E-state index contributed by atoms with van der Waals surface area (Å²) < 4.78 is 6.00. The zero-order valence-electron chi connectivity index (χ0n) is 19.9. The van der Waals surface area contributed by atoms with E-state index in [1.807, 2.05) is 24.3 Å². The van der Waals surface area contributed by atoms with Crippen LogP contribution in [0, 0.1) is 19.8 Å². The number of ether oxygens (including phenoxy) is 1. The molecule has 0 bridgehead atoms. The third kappa shape index (κ3) is 6.95. The molecule has 164 valence electrons. The molecule has 2 unspecified atom stereocenters. The number of hydrogen-bond donors (Lipinski definition) is 0. The standard InChI is InChI=1S/C27H39O2P/c1-8-10-11-21(9-2)18-29-23-12-14-24(15-13-23)30-26(28)25-19(3)16-22(17-20(25)4)27(5,6)7/h12-17,21,30H,8-11,18H2,1-7H3. The minimum absolute atomic E-state index is 0.0859. The molecule has 0 saturated heterocycles. The highest BCUT2D eigenvalue weighted by Crippen LogP contribution is 2.30. The van der Waals surface area contributed by atoms with Gasteiger partial charge in [0.15, 0.2) is 5.52 Å². The van der Waals surface area contributed by atoms with Crippen LogP contribution in [0.2, 0.25) is 0 Å². The van der Waals surface area contributed by atoms with Crippen LogP contribution in [0.15, 0.2) is 36.4 Å². The second-order valence-electron chi connectivity index (χ2n) is 9.44. The van der Waals surface area contributed by atoms with E-state index in [0.29, 0.717) is 5.92 Å². The Hall–Kier alpha value is -1.66. The van der Waals surface area contributed by atoms with Crippen molar-refractivity contribution in [3.05, 3.63) is 58.7 Å². The van der Waals surface area contributed by atoms with Crippen LogP contribution >= 0.6 is 8.58 Å². The van der Waals surface area contributed by atoms with Crippen molar-refractivity contribution in [2.45, 2.75) is 79.6 Å². The zero-order valence-corrected chi connectivity index (χ0v) is 20.9. The first-order chi connectivity index (χ1) is 14.2. The second kappa shape index (κ2) is 11.1. The molecule has 3 heteroatoms. The lowest BCUT2D eigenvalue weighted by Gasteiger charge is -2.22. The molecule has 0 fully saturated rings. The Labute approximate surface area is 185 Å². The number of rotatable bonds is 10. The molecule has 0 aliphatic heterocycles. The molecular weight excluding hydrogens is 387 g/mol. The summed E-state index contributed by atoms with van der Waals surface area (Å²) in [6, 6.07) is 12.4. The molecule has 2 atom stereocenters. The Morgan fingerprint density at radius 2 is 1.63 bits per heavy atom. The fourth-order valence-electron chi connectivity index (χ4n) is 3.69. The molecule has 2 aromatic carbocycles. The summed E-state index contributed by atoms with van der Waals surface area (Å²) in [6.45, 7) is 16.0. The molecule has 0 amide bonds. The normalized spacial score (nSPS) is 13.0. The number of aryl methyl sites for hydroxylation is 2. The van der Waals surface area contributed by atoms with Gasteiger partial charge in [0.1, 0.15) is 5.75 Å². The first-order valence-electron chi connectivity index (χ1n) is 11.3. The zero-order chi connectivity index (χ0) is 22.3. The van der Waals surface area contributed by atoms with E-state index < -0.39 is 0 Å². The minimum atomic E-state index is 0.0859. The molecule has 0 aliphatic rings. The van der Waals surface area contributed by atoms with Gasteiger partial charge in [-0.25, -0.2) is 0 Å².